The Morgan fingerprint density at radius 3 is 1.50 bits per heavy atom. The molecule has 0 amide bonds. The van der Waals surface area contributed by atoms with Gasteiger partial charge in [0.15, 0.2) is 5.75 Å². The lowest BCUT2D eigenvalue weighted by atomic mass is 10.0. The predicted octanol–water partition coefficient (Wildman–Crippen LogP) is 3.83. The van der Waals surface area contributed by atoms with Gasteiger partial charge in [0.25, 0.3) is 0 Å². The molecule has 0 aliphatic rings. The Morgan fingerprint density at radius 1 is 0.694 bits per heavy atom. The maximum Gasteiger partial charge on any atom is 0.166 e. The predicted molar refractivity (Wildman–Crippen MR) is 152 cm³/mol. The molecule has 7 heteroatoms. The van der Waals surface area contributed by atoms with Crippen molar-refractivity contribution in [1.29, 1.82) is 0 Å². The van der Waals surface area contributed by atoms with Crippen molar-refractivity contribution in [2.45, 2.75) is 24.9 Å². The summed E-state index contributed by atoms with van der Waals surface area (Å²) in [5, 5.41) is 4.76. The van der Waals surface area contributed by atoms with Crippen LogP contribution in [0.1, 0.15) is 11.1 Å². The van der Waals surface area contributed by atoms with Crippen LogP contribution in [-0.2, 0) is 12.8 Å². The summed E-state index contributed by atoms with van der Waals surface area (Å²) in [6.07, 6.45) is 1.83. The number of fused-ring (bicyclic) bond motifs is 6. The summed E-state index contributed by atoms with van der Waals surface area (Å²) in [4.78, 5) is 11.6. The molecule has 0 spiro atoms. The van der Waals surface area contributed by atoms with Crippen molar-refractivity contribution in [3.8, 4) is 5.75 Å². The van der Waals surface area contributed by atoms with Crippen molar-refractivity contribution in [2.24, 2.45) is 11.5 Å². The van der Waals surface area contributed by atoms with E-state index in [4.69, 9.17) is 16.2 Å². The SMILES string of the molecule is COc1c2[nH]c3ccc(CC(CN)N(C)C)cc3c2cc2c1[nH]c1ccc(CC(CN)N(C)C)cc12. The monoisotopic (exact) mass is 486 g/mol. The molecule has 2 aromatic heterocycles. The van der Waals surface area contributed by atoms with Gasteiger partial charge in [-0.3, -0.25) is 0 Å². The third-order valence-electron chi connectivity index (χ3n) is 7.70. The molecule has 0 saturated carbocycles. The van der Waals surface area contributed by atoms with Crippen molar-refractivity contribution in [2.75, 3.05) is 48.4 Å². The fraction of sp³-hybridized carbons (Fsp3) is 0.379. The molecule has 0 fully saturated rings. The Bertz CT molecular complexity index is 1420. The minimum atomic E-state index is 0.306. The van der Waals surface area contributed by atoms with Gasteiger partial charge in [0.05, 0.1) is 18.1 Å². The van der Waals surface area contributed by atoms with Crippen molar-refractivity contribution in [1.82, 2.24) is 19.8 Å². The number of nitrogens with one attached hydrogen (secondary N) is 2. The molecule has 36 heavy (non-hydrogen) atoms. The van der Waals surface area contributed by atoms with Gasteiger partial charge >= 0.3 is 0 Å². The van der Waals surface area contributed by atoms with E-state index in [1.54, 1.807) is 7.11 Å². The van der Waals surface area contributed by atoms with Crippen LogP contribution in [0.25, 0.3) is 43.6 Å². The highest BCUT2D eigenvalue weighted by Crippen LogP contribution is 2.41. The molecule has 6 N–H and O–H groups in total. The summed E-state index contributed by atoms with van der Waals surface area (Å²) in [5.41, 5.74) is 18.9. The standard InChI is InChI=1S/C29H38N6O/c1-34(2)19(15-30)10-17-6-8-25-21(12-17)23-14-24-22-13-18(11-20(16-31)35(3)4)7-9-26(22)33-28(24)29(36-5)27(23)32-25/h6-9,12-14,19-20,32-33H,10-11,15-16,30-31H2,1-5H3. The smallest absolute Gasteiger partial charge is 0.166 e. The van der Waals surface area contributed by atoms with Gasteiger partial charge in [-0.05, 0) is 82.5 Å². The van der Waals surface area contributed by atoms with Gasteiger partial charge < -0.3 is 36.0 Å². The minimum absolute atomic E-state index is 0.306. The first-order valence-corrected chi connectivity index (χ1v) is 12.6. The van der Waals surface area contributed by atoms with E-state index in [9.17, 15) is 0 Å². The van der Waals surface area contributed by atoms with Crippen LogP contribution in [-0.4, -0.2) is 80.2 Å². The largest absolute Gasteiger partial charge is 0.492 e. The van der Waals surface area contributed by atoms with Crippen LogP contribution >= 0.6 is 0 Å². The fourth-order valence-corrected chi connectivity index (χ4v) is 5.40. The molecule has 7 nitrogen and oxygen atoms in total. The Labute approximate surface area is 212 Å². The molecule has 0 saturated heterocycles. The number of H-pyrrole nitrogens is 2. The zero-order valence-electron chi connectivity index (χ0n) is 22.0. The number of methoxy groups -OCH3 is 1. The van der Waals surface area contributed by atoms with E-state index in [-0.39, 0.29) is 0 Å². The molecule has 2 unspecified atom stereocenters. The lowest BCUT2D eigenvalue weighted by Gasteiger charge is -2.22. The Kier molecular flexibility index (Phi) is 6.66. The number of likely N-dealkylation sites (N-methyl/N-ethyl adjacent to an activating group) is 2. The fourth-order valence-electron chi connectivity index (χ4n) is 5.40. The van der Waals surface area contributed by atoms with Crippen LogP contribution in [0, 0.1) is 0 Å². The van der Waals surface area contributed by atoms with E-state index in [2.05, 4.69) is 90.4 Å². The number of hydrogen-bond acceptors (Lipinski definition) is 5. The minimum Gasteiger partial charge on any atom is -0.492 e. The maximum atomic E-state index is 6.04. The van der Waals surface area contributed by atoms with Crippen molar-refractivity contribution < 1.29 is 4.74 Å². The van der Waals surface area contributed by atoms with E-state index in [1.807, 2.05) is 0 Å². The summed E-state index contributed by atoms with van der Waals surface area (Å²) in [7, 11) is 10.1. The molecule has 2 atom stereocenters. The van der Waals surface area contributed by atoms with Crippen LogP contribution < -0.4 is 16.2 Å². The first-order chi connectivity index (χ1) is 17.3. The quantitative estimate of drug-likeness (QED) is 0.254. The lowest BCUT2D eigenvalue weighted by Crippen LogP contribution is -2.36. The van der Waals surface area contributed by atoms with E-state index in [1.165, 1.54) is 32.7 Å². The second-order valence-corrected chi connectivity index (χ2v) is 10.4. The average molecular weight is 487 g/mol. The highest BCUT2D eigenvalue weighted by molar-refractivity contribution is 6.20. The van der Waals surface area contributed by atoms with Crippen molar-refractivity contribution in [3.63, 3.8) is 0 Å². The van der Waals surface area contributed by atoms with Gasteiger partial charge in [-0.25, -0.2) is 0 Å². The molecular formula is C29H38N6O. The molecule has 0 radical (unpaired) electrons. The number of aromatic amines is 2. The van der Waals surface area contributed by atoms with Crippen LogP contribution in [0.3, 0.4) is 0 Å². The molecule has 5 aromatic rings. The Morgan fingerprint density at radius 2 is 1.14 bits per heavy atom. The van der Waals surface area contributed by atoms with Crippen LogP contribution in [0.5, 0.6) is 5.75 Å². The summed E-state index contributed by atoms with van der Waals surface area (Å²) < 4.78 is 5.98. The molecule has 3 aromatic carbocycles. The third-order valence-corrected chi connectivity index (χ3v) is 7.70. The Balaban J connectivity index is 1.68. The van der Waals surface area contributed by atoms with Crippen LogP contribution in [0.2, 0.25) is 0 Å². The summed E-state index contributed by atoms with van der Waals surface area (Å²) >= 11 is 0. The summed E-state index contributed by atoms with van der Waals surface area (Å²) in [5.74, 6) is 0.847. The van der Waals surface area contributed by atoms with Gasteiger partial charge in [-0.1, -0.05) is 12.1 Å². The van der Waals surface area contributed by atoms with Gasteiger partial charge in [0.1, 0.15) is 0 Å². The zero-order chi connectivity index (χ0) is 25.6. The van der Waals surface area contributed by atoms with E-state index >= 15 is 0 Å². The molecule has 190 valence electrons. The average Bonchev–Trinajstić information content (AvgIpc) is 3.41. The lowest BCUT2D eigenvalue weighted by molar-refractivity contribution is 0.298. The number of nitrogens with two attached hydrogens (primary N) is 2. The van der Waals surface area contributed by atoms with E-state index in [0.29, 0.717) is 25.2 Å². The highest BCUT2D eigenvalue weighted by atomic mass is 16.5. The van der Waals surface area contributed by atoms with Gasteiger partial charge in [0.2, 0.25) is 0 Å². The number of ether oxygens (including phenoxy) is 1. The highest BCUT2D eigenvalue weighted by Gasteiger charge is 2.19. The third kappa shape index (κ3) is 4.22. The molecule has 0 aliphatic heterocycles. The number of benzene rings is 3. The van der Waals surface area contributed by atoms with Crippen molar-refractivity contribution in [3.05, 3.63) is 53.6 Å². The van der Waals surface area contributed by atoms with Gasteiger partial charge in [0, 0.05) is 57.8 Å². The topological polar surface area (TPSA) is 99.3 Å². The Hall–Kier alpha value is -3.10. The maximum absolute atomic E-state index is 6.04. The number of hydrogen-bond donors (Lipinski definition) is 4. The summed E-state index contributed by atoms with van der Waals surface area (Å²) in [6.45, 7) is 1.26. The van der Waals surface area contributed by atoms with Crippen LogP contribution in [0.15, 0.2) is 42.5 Å². The van der Waals surface area contributed by atoms with Gasteiger partial charge in [-0.2, -0.15) is 0 Å². The normalized spacial score (nSPS) is 14.1. The summed E-state index contributed by atoms with van der Waals surface area (Å²) in [6, 6.07) is 16.3. The molecule has 2 heterocycles. The zero-order valence-corrected chi connectivity index (χ0v) is 22.0. The van der Waals surface area contributed by atoms with Crippen molar-refractivity contribution >= 4 is 43.6 Å². The number of aromatic nitrogens is 2. The van der Waals surface area contributed by atoms with E-state index in [0.717, 1.165) is 40.7 Å². The second-order valence-electron chi connectivity index (χ2n) is 10.4. The van der Waals surface area contributed by atoms with Crippen LogP contribution in [0.4, 0.5) is 0 Å². The molecule has 5 rings (SSSR count). The first kappa shape index (κ1) is 24.6. The molecular weight excluding hydrogens is 448 g/mol. The number of nitrogens with zero attached hydrogens (tertiary/aromatic N) is 2. The van der Waals surface area contributed by atoms with Gasteiger partial charge in [-0.15, -0.1) is 0 Å². The molecule has 0 aliphatic carbocycles. The second kappa shape index (κ2) is 9.75. The van der Waals surface area contributed by atoms with E-state index < -0.39 is 0 Å². The molecule has 0 bridgehead atoms. The number of rotatable bonds is 9. The first-order valence-electron chi connectivity index (χ1n) is 12.6.